The van der Waals surface area contributed by atoms with Gasteiger partial charge in [0.15, 0.2) is 0 Å². The fourth-order valence-corrected chi connectivity index (χ4v) is 4.81. The number of carboxylic acid groups (broad SMARTS) is 1. The summed E-state index contributed by atoms with van der Waals surface area (Å²) in [6.07, 6.45) is 32.4. The molecule has 0 aromatic carbocycles. The summed E-state index contributed by atoms with van der Waals surface area (Å²) >= 11 is 0. The number of unbranched alkanes of at least 4 members (excludes halogenated alkanes) is 16. The lowest BCUT2D eigenvalue weighted by Crippen LogP contribution is -2.60. The monoisotopic (exact) mass is 475 g/mol. The summed E-state index contributed by atoms with van der Waals surface area (Å²) in [6, 6.07) is 0. The largest absolute Gasteiger partial charge is 0.544 e. The summed E-state index contributed by atoms with van der Waals surface area (Å²) in [5, 5.41) is 11.2. The molecular weight excluding hydrogens is 422 g/mol. The second-order valence-electron chi connectivity index (χ2n) is 10.1. The van der Waals surface area contributed by atoms with Crippen LogP contribution in [0.1, 0.15) is 136 Å². The van der Waals surface area contributed by atoms with Gasteiger partial charge in [-0.1, -0.05) is 103 Å². The van der Waals surface area contributed by atoms with E-state index < -0.39 is 5.97 Å². The Kier molecular flexibility index (Phi) is 17.8. The van der Waals surface area contributed by atoms with E-state index >= 15 is 0 Å². The van der Waals surface area contributed by atoms with Gasteiger partial charge in [-0.25, -0.2) is 9.48 Å². The van der Waals surface area contributed by atoms with Gasteiger partial charge in [-0.2, -0.15) is 0 Å². The number of aliphatic carboxylic acids is 1. The van der Waals surface area contributed by atoms with E-state index in [9.17, 15) is 9.90 Å². The molecular formula is C29H53N3O2. The predicted octanol–water partition coefficient (Wildman–Crippen LogP) is 6.73. The average Bonchev–Trinajstić information content (AvgIpc) is 3.20. The van der Waals surface area contributed by atoms with E-state index in [-0.39, 0.29) is 17.2 Å². The Balaban J connectivity index is 1.92. The van der Waals surface area contributed by atoms with E-state index in [1.165, 1.54) is 103 Å². The number of hydrogen-bond acceptors (Lipinski definition) is 4. The number of nitrogens with two attached hydrogens (primary N) is 1. The molecule has 0 radical (unpaired) electrons. The molecule has 0 spiro atoms. The predicted molar refractivity (Wildman–Crippen MR) is 143 cm³/mol. The van der Waals surface area contributed by atoms with Crippen LogP contribution in [-0.2, 0) is 4.79 Å². The Morgan fingerprint density at radius 1 is 0.882 bits per heavy atom. The lowest BCUT2D eigenvalue weighted by Gasteiger charge is -2.36. The van der Waals surface area contributed by atoms with Gasteiger partial charge in [0.05, 0.1) is 12.2 Å². The van der Waals surface area contributed by atoms with Gasteiger partial charge in [-0.05, 0) is 32.1 Å². The van der Waals surface area contributed by atoms with Crippen molar-refractivity contribution in [1.82, 2.24) is 0 Å². The molecule has 1 heterocycles. The molecule has 0 saturated carbocycles. The molecule has 5 nitrogen and oxygen atoms in total. The van der Waals surface area contributed by atoms with E-state index in [0.29, 0.717) is 0 Å². The van der Waals surface area contributed by atoms with Crippen LogP contribution in [0.4, 0.5) is 0 Å². The van der Waals surface area contributed by atoms with Crippen molar-refractivity contribution < 1.29 is 14.4 Å². The van der Waals surface area contributed by atoms with Crippen molar-refractivity contribution in [2.24, 2.45) is 10.7 Å². The molecule has 0 bridgehead atoms. The van der Waals surface area contributed by atoms with Crippen LogP contribution in [0.5, 0.6) is 0 Å². The quantitative estimate of drug-likeness (QED) is 0.101. The number of allylic oxidation sites excluding steroid dienone is 2. The maximum atomic E-state index is 11.2. The third-order valence-corrected chi connectivity index (χ3v) is 7.07. The van der Waals surface area contributed by atoms with Crippen molar-refractivity contribution in [2.45, 2.75) is 142 Å². The van der Waals surface area contributed by atoms with Gasteiger partial charge >= 0.3 is 0 Å². The number of quaternary nitrogens is 1. The van der Waals surface area contributed by atoms with E-state index in [0.717, 1.165) is 25.1 Å². The summed E-state index contributed by atoms with van der Waals surface area (Å²) in [5.41, 5.74) is 6.09. The molecule has 1 aliphatic heterocycles. The van der Waals surface area contributed by atoms with Crippen molar-refractivity contribution in [3.05, 3.63) is 24.6 Å². The van der Waals surface area contributed by atoms with E-state index in [2.05, 4.69) is 24.1 Å². The minimum absolute atomic E-state index is 0.108. The number of amidine groups is 1. The van der Waals surface area contributed by atoms with Gasteiger partial charge < -0.3 is 9.90 Å². The molecule has 0 aromatic heterocycles. The highest BCUT2D eigenvalue weighted by atomic mass is 16.4. The minimum Gasteiger partial charge on any atom is -0.544 e. The molecule has 0 saturated heterocycles. The zero-order valence-electron chi connectivity index (χ0n) is 22.3. The number of carboxylic acids is 1. The zero-order valence-corrected chi connectivity index (χ0v) is 22.3. The highest BCUT2D eigenvalue weighted by Gasteiger charge is 2.38. The van der Waals surface area contributed by atoms with Crippen LogP contribution in [0.25, 0.3) is 0 Å². The van der Waals surface area contributed by atoms with Crippen LogP contribution < -0.4 is 10.8 Å². The summed E-state index contributed by atoms with van der Waals surface area (Å²) in [7, 11) is 0. The van der Waals surface area contributed by atoms with E-state index in [1.54, 1.807) is 12.4 Å². The van der Waals surface area contributed by atoms with E-state index in [4.69, 9.17) is 5.73 Å². The number of carbonyl (C=O) groups excluding carboxylic acids is 1. The smallest absolute Gasteiger partial charge is 0.209 e. The first-order valence-corrected chi connectivity index (χ1v) is 14.3. The Morgan fingerprint density at radius 2 is 1.35 bits per heavy atom. The van der Waals surface area contributed by atoms with Gasteiger partial charge in [0.25, 0.3) is 0 Å². The van der Waals surface area contributed by atoms with Gasteiger partial charge in [0, 0.05) is 13.3 Å². The van der Waals surface area contributed by atoms with Gasteiger partial charge in [0.1, 0.15) is 18.9 Å². The summed E-state index contributed by atoms with van der Waals surface area (Å²) in [4.78, 5) is 15.6. The summed E-state index contributed by atoms with van der Waals surface area (Å²) in [6.45, 7) is 3.97. The number of carbonyl (C=O) groups is 1. The van der Waals surface area contributed by atoms with Crippen LogP contribution in [0, 0.1) is 0 Å². The normalized spacial score (nSPS) is 18.6. The average molecular weight is 476 g/mol. The van der Waals surface area contributed by atoms with Gasteiger partial charge in [0.2, 0.25) is 5.84 Å². The minimum atomic E-state index is -1.09. The lowest BCUT2D eigenvalue weighted by molar-refractivity contribution is -0.808. The van der Waals surface area contributed by atoms with Crippen LogP contribution in [-0.4, -0.2) is 29.0 Å². The first kappa shape index (κ1) is 30.6. The topological polar surface area (TPSA) is 78.5 Å². The molecule has 196 valence electrons. The van der Waals surface area contributed by atoms with Crippen molar-refractivity contribution in [3.63, 3.8) is 0 Å². The first-order chi connectivity index (χ1) is 16.5. The molecule has 0 aliphatic carbocycles. The van der Waals surface area contributed by atoms with Crippen molar-refractivity contribution in [2.75, 3.05) is 6.54 Å². The molecule has 34 heavy (non-hydrogen) atoms. The standard InChI is InChI=1S/C29H53N3O2/c1-3-4-5-6-7-8-9-10-11-12-13-14-15-16-17-18-19-20-21-22-23-28-31-24-25-32(28,27(2)30)26-29(33)34/h11-12,24-25,27H,3-10,13-23,26,30H2,1-2H3/b12-11+. The molecule has 2 N–H and O–H groups in total. The molecule has 2 atom stereocenters. The second-order valence-corrected chi connectivity index (χ2v) is 10.1. The SMILES string of the molecule is CCCCCCCCC/C=C/CCCCCCCCCCCC1=NC=C[N+]1(CC(=O)[O-])C(C)N. The highest BCUT2D eigenvalue weighted by molar-refractivity contribution is 5.81. The number of rotatable bonds is 23. The molecule has 0 amide bonds. The summed E-state index contributed by atoms with van der Waals surface area (Å²) in [5.74, 6) is -0.230. The maximum Gasteiger partial charge on any atom is 0.209 e. The first-order valence-electron chi connectivity index (χ1n) is 14.3. The molecule has 2 unspecified atom stereocenters. The Hall–Kier alpha value is -1.46. The Labute approximate surface area is 210 Å². The maximum absolute atomic E-state index is 11.2. The van der Waals surface area contributed by atoms with Crippen molar-refractivity contribution >= 4 is 11.8 Å². The highest BCUT2D eigenvalue weighted by Crippen LogP contribution is 2.23. The molecule has 0 aromatic rings. The molecule has 1 rings (SSSR count). The van der Waals surface area contributed by atoms with Crippen molar-refractivity contribution in [3.8, 4) is 0 Å². The summed E-state index contributed by atoms with van der Waals surface area (Å²) < 4.78 is 0.108. The van der Waals surface area contributed by atoms with Crippen LogP contribution >= 0.6 is 0 Å². The number of aliphatic imine (C=N–C) groups is 1. The lowest BCUT2D eigenvalue weighted by atomic mass is 10.0. The fraction of sp³-hybridized carbons (Fsp3) is 0.793. The fourth-order valence-electron chi connectivity index (χ4n) is 4.81. The number of nitrogens with zero attached hydrogens (tertiary/aromatic N) is 2. The van der Waals surface area contributed by atoms with Crippen molar-refractivity contribution in [1.29, 1.82) is 0 Å². The van der Waals surface area contributed by atoms with Crippen LogP contribution in [0.15, 0.2) is 29.5 Å². The Morgan fingerprint density at radius 3 is 1.82 bits per heavy atom. The Bertz CT molecular complexity index is 612. The third kappa shape index (κ3) is 13.4. The second kappa shape index (κ2) is 19.8. The van der Waals surface area contributed by atoms with Gasteiger partial charge in [-0.3, -0.25) is 5.73 Å². The molecule has 0 fully saturated rings. The number of hydrogen-bond donors (Lipinski definition) is 1. The molecule has 1 aliphatic rings. The van der Waals surface area contributed by atoms with Crippen LogP contribution in [0.3, 0.4) is 0 Å². The molecule has 5 heteroatoms. The van der Waals surface area contributed by atoms with E-state index in [1.807, 2.05) is 6.92 Å². The zero-order chi connectivity index (χ0) is 24.9. The van der Waals surface area contributed by atoms with Gasteiger partial charge in [-0.15, -0.1) is 0 Å². The third-order valence-electron chi connectivity index (χ3n) is 7.07. The van der Waals surface area contributed by atoms with Crippen LogP contribution in [0.2, 0.25) is 0 Å².